The number of hydrogen-bond donors (Lipinski definition) is 1. The third-order valence-electron chi connectivity index (χ3n) is 3.46. The fourth-order valence-electron chi connectivity index (χ4n) is 2.29. The molecular weight excluding hydrogens is 264 g/mol. The highest BCUT2D eigenvalue weighted by Crippen LogP contribution is 2.18. The van der Waals surface area contributed by atoms with Crippen LogP contribution < -0.4 is 0 Å². The van der Waals surface area contributed by atoms with E-state index in [4.69, 9.17) is 5.11 Å². The maximum absolute atomic E-state index is 12.2. The molecule has 0 aliphatic carbocycles. The van der Waals surface area contributed by atoms with Gasteiger partial charge in [0.2, 0.25) is 0 Å². The first-order valence-corrected chi connectivity index (χ1v) is 6.78. The number of carboxylic acids is 1. The molecule has 0 bridgehead atoms. The van der Waals surface area contributed by atoms with Crippen molar-refractivity contribution in [1.82, 2.24) is 9.80 Å². The number of aliphatic carboxylic acids is 1. The van der Waals surface area contributed by atoms with E-state index in [2.05, 4.69) is 4.74 Å². The first-order chi connectivity index (χ1) is 9.47. The van der Waals surface area contributed by atoms with Crippen LogP contribution in [0.25, 0.3) is 0 Å². The molecule has 1 aliphatic heterocycles. The lowest BCUT2D eigenvalue weighted by atomic mass is 10.0. The molecule has 1 rings (SSSR count). The molecule has 7 nitrogen and oxygen atoms in total. The fraction of sp³-hybridized carbons (Fsp3) is 0.769. The zero-order valence-corrected chi connectivity index (χ0v) is 12.0. The minimum atomic E-state index is -0.957. The smallest absolute Gasteiger partial charge is 0.326 e. The van der Waals surface area contributed by atoms with Crippen molar-refractivity contribution in [3.8, 4) is 0 Å². The van der Waals surface area contributed by atoms with E-state index in [1.807, 2.05) is 0 Å². The van der Waals surface area contributed by atoms with Crippen molar-refractivity contribution in [1.29, 1.82) is 0 Å². The van der Waals surface area contributed by atoms with E-state index < -0.39 is 12.0 Å². The molecule has 2 amide bonds. The Balaban J connectivity index is 2.49. The van der Waals surface area contributed by atoms with Gasteiger partial charge in [0, 0.05) is 26.6 Å². The predicted molar refractivity (Wildman–Crippen MR) is 71.3 cm³/mol. The second-order valence-electron chi connectivity index (χ2n) is 4.93. The number of carbonyl (C=O) groups is 3. The van der Waals surface area contributed by atoms with Crippen LogP contribution in [0.5, 0.6) is 0 Å². The van der Waals surface area contributed by atoms with Crippen molar-refractivity contribution in [3.05, 3.63) is 0 Å². The van der Waals surface area contributed by atoms with Crippen molar-refractivity contribution in [3.63, 3.8) is 0 Å². The summed E-state index contributed by atoms with van der Waals surface area (Å²) in [5.41, 5.74) is 0. The Morgan fingerprint density at radius 3 is 2.65 bits per heavy atom. The van der Waals surface area contributed by atoms with Gasteiger partial charge in [-0.05, 0) is 25.7 Å². The van der Waals surface area contributed by atoms with Crippen LogP contribution in [0.2, 0.25) is 0 Å². The number of esters is 1. The molecule has 1 saturated heterocycles. The number of carbonyl (C=O) groups excluding carboxylic acids is 2. The topological polar surface area (TPSA) is 87.2 Å². The van der Waals surface area contributed by atoms with E-state index in [0.717, 1.165) is 12.8 Å². The molecule has 0 aromatic rings. The summed E-state index contributed by atoms with van der Waals surface area (Å²) in [5.74, 6) is -1.27. The van der Waals surface area contributed by atoms with Crippen molar-refractivity contribution < 1.29 is 24.2 Å². The largest absolute Gasteiger partial charge is 0.480 e. The van der Waals surface area contributed by atoms with Gasteiger partial charge in [-0.2, -0.15) is 0 Å². The Hall–Kier alpha value is -1.79. The van der Waals surface area contributed by atoms with E-state index >= 15 is 0 Å². The average Bonchev–Trinajstić information content (AvgIpc) is 2.45. The first-order valence-electron chi connectivity index (χ1n) is 6.78. The molecular formula is C13H22N2O5. The van der Waals surface area contributed by atoms with Gasteiger partial charge < -0.3 is 19.6 Å². The molecule has 1 aliphatic rings. The molecule has 1 fully saturated rings. The monoisotopic (exact) mass is 286 g/mol. The van der Waals surface area contributed by atoms with Crippen LogP contribution in [0.3, 0.4) is 0 Å². The summed E-state index contributed by atoms with van der Waals surface area (Å²) in [6, 6.07) is -1.03. The predicted octanol–water partition coefficient (Wildman–Crippen LogP) is 0.930. The summed E-state index contributed by atoms with van der Waals surface area (Å²) >= 11 is 0. The van der Waals surface area contributed by atoms with Gasteiger partial charge in [-0.25, -0.2) is 9.59 Å². The van der Waals surface area contributed by atoms with Gasteiger partial charge in [-0.3, -0.25) is 4.79 Å². The zero-order valence-electron chi connectivity index (χ0n) is 12.0. The SMILES string of the molecule is COC(=O)CCCN(C)C(=O)N1CCCCC1C(=O)O. The van der Waals surface area contributed by atoms with Gasteiger partial charge in [-0.1, -0.05) is 0 Å². The molecule has 114 valence electrons. The molecule has 0 spiro atoms. The summed E-state index contributed by atoms with van der Waals surface area (Å²) in [6.45, 7) is 0.869. The number of hydrogen-bond acceptors (Lipinski definition) is 4. The number of urea groups is 1. The highest BCUT2D eigenvalue weighted by atomic mass is 16.5. The van der Waals surface area contributed by atoms with Gasteiger partial charge >= 0.3 is 18.0 Å². The fourth-order valence-corrected chi connectivity index (χ4v) is 2.29. The van der Waals surface area contributed by atoms with E-state index in [0.29, 0.717) is 25.9 Å². The van der Waals surface area contributed by atoms with Crippen LogP contribution in [0.4, 0.5) is 4.79 Å². The molecule has 1 unspecified atom stereocenters. The van der Waals surface area contributed by atoms with Crippen molar-refractivity contribution in [2.75, 3.05) is 27.2 Å². The average molecular weight is 286 g/mol. The Kier molecular flexibility index (Phi) is 6.27. The molecule has 7 heteroatoms. The first kappa shape index (κ1) is 16.3. The molecule has 0 aromatic carbocycles. The summed E-state index contributed by atoms with van der Waals surface area (Å²) in [4.78, 5) is 37.3. The maximum Gasteiger partial charge on any atom is 0.326 e. The third kappa shape index (κ3) is 4.40. The van der Waals surface area contributed by atoms with Gasteiger partial charge in [0.25, 0.3) is 0 Å². The van der Waals surface area contributed by atoms with E-state index in [9.17, 15) is 14.4 Å². The number of methoxy groups -OCH3 is 1. The Morgan fingerprint density at radius 1 is 1.35 bits per heavy atom. The van der Waals surface area contributed by atoms with Crippen LogP contribution in [-0.4, -0.2) is 66.2 Å². The van der Waals surface area contributed by atoms with Gasteiger partial charge in [-0.15, -0.1) is 0 Å². The number of piperidine rings is 1. The molecule has 0 aromatic heterocycles. The lowest BCUT2D eigenvalue weighted by Crippen LogP contribution is -2.52. The maximum atomic E-state index is 12.2. The van der Waals surface area contributed by atoms with Crippen LogP contribution in [-0.2, 0) is 14.3 Å². The van der Waals surface area contributed by atoms with Gasteiger partial charge in [0.1, 0.15) is 6.04 Å². The van der Waals surface area contributed by atoms with Crippen LogP contribution in [0.15, 0.2) is 0 Å². The number of amides is 2. The number of nitrogens with zero attached hydrogens (tertiary/aromatic N) is 2. The molecule has 0 saturated carbocycles. The third-order valence-corrected chi connectivity index (χ3v) is 3.46. The van der Waals surface area contributed by atoms with E-state index in [1.54, 1.807) is 7.05 Å². The standard InChI is InChI=1S/C13H22N2O5/c1-14(8-5-7-11(16)20-2)13(19)15-9-4-3-6-10(15)12(17)18/h10H,3-9H2,1-2H3,(H,17,18). The Labute approximate surface area is 118 Å². The summed E-state index contributed by atoms with van der Waals surface area (Å²) < 4.78 is 4.53. The number of likely N-dealkylation sites (tertiary alicyclic amines) is 1. The second-order valence-corrected chi connectivity index (χ2v) is 4.93. The lowest BCUT2D eigenvalue weighted by Gasteiger charge is -2.35. The molecule has 1 atom stereocenters. The number of rotatable bonds is 5. The van der Waals surface area contributed by atoms with E-state index in [-0.39, 0.29) is 18.4 Å². The lowest BCUT2D eigenvalue weighted by molar-refractivity contribution is -0.143. The number of carboxylic acid groups (broad SMARTS) is 1. The van der Waals surface area contributed by atoms with Crippen molar-refractivity contribution >= 4 is 18.0 Å². The van der Waals surface area contributed by atoms with Crippen molar-refractivity contribution in [2.24, 2.45) is 0 Å². The highest BCUT2D eigenvalue weighted by molar-refractivity contribution is 5.82. The van der Waals surface area contributed by atoms with Crippen LogP contribution >= 0.6 is 0 Å². The van der Waals surface area contributed by atoms with Gasteiger partial charge in [0.15, 0.2) is 0 Å². The summed E-state index contributed by atoms with van der Waals surface area (Å²) in [7, 11) is 2.94. The normalized spacial score (nSPS) is 18.5. The van der Waals surface area contributed by atoms with Crippen LogP contribution in [0.1, 0.15) is 32.1 Å². The highest BCUT2D eigenvalue weighted by Gasteiger charge is 2.33. The molecule has 1 N–H and O–H groups in total. The minimum Gasteiger partial charge on any atom is -0.480 e. The summed E-state index contributed by atoms with van der Waals surface area (Å²) in [6.07, 6.45) is 2.90. The Morgan fingerprint density at radius 2 is 2.05 bits per heavy atom. The molecule has 20 heavy (non-hydrogen) atoms. The second kappa shape index (κ2) is 7.72. The van der Waals surface area contributed by atoms with Crippen molar-refractivity contribution in [2.45, 2.75) is 38.1 Å². The quantitative estimate of drug-likeness (QED) is 0.760. The number of ether oxygens (including phenoxy) is 1. The van der Waals surface area contributed by atoms with Crippen LogP contribution in [0, 0.1) is 0 Å². The molecule has 0 radical (unpaired) electrons. The summed E-state index contributed by atoms with van der Waals surface area (Å²) in [5, 5.41) is 9.15. The molecule has 1 heterocycles. The van der Waals surface area contributed by atoms with Gasteiger partial charge in [0.05, 0.1) is 7.11 Å². The minimum absolute atomic E-state index is 0.247. The van der Waals surface area contributed by atoms with E-state index in [1.165, 1.54) is 16.9 Å². The zero-order chi connectivity index (χ0) is 15.1. The Bertz CT molecular complexity index is 372.